The zero-order chi connectivity index (χ0) is 43.3. The van der Waals surface area contributed by atoms with Crippen molar-refractivity contribution in [3.05, 3.63) is 28.8 Å². The normalized spacial score (nSPS) is 26.5. The van der Waals surface area contributed by atoms with Gasteiger partial charge in [-0.25, -0.2) is 0 Å². The van der Waals surface area contributed by atoms with Gasteiger partial charge in [-0.05, 0) is 17.7 Å². The summed E-state index contributed by atoms with van der Waals surface area (Å²) in [5.74, 6) is -11.1. The van der Waals surface area contributed by atoms with Gasteiger partial charge in [0.1, 0.15) is 36.0 Å². The number of nitrogens with one attached hydrogen (secondary N) is 6. The predicted octanol–water partition coefficient (Wildman–Crippen LogP) is -5.72. The average molecular weight is 875 g/mol. The minimum Gasteiger partial charge on any atom is -0.506 e. The van der Waals surface area contributed by atoms with Gasteiger partial charge in [-0.1, -0.05) is 39.3 Å². The van der Waals surface area contributed by atoms with Crippen molar-refractivity contribution in [3.63, 3.8) is 0 Å². The van der Waals surface area contributed by atoms with Crippen LogP contribution in [0.5, 0.6) is 5.75 Å². The largest absolute Gasteiger partial charge is 0.506 e. The molecule has 1 aromatic rings. The molecule has 0 unspecified atom stereocenters. The van der Waals surface area contributed by atoms with Crippen molar-refractivity contribution in [2.75, 3.05) is 31.1 Å². The van der Waals surface area contributed by atoms with E-state index in [4.69, 9.17) is 28.8 Å². The molecule has 2 fully saturated rings. The summed E-state index contributed by atoms with van der Waals surface area (Å²) in [4.78, 5) is 129. The quantitative estimate of drug-likeness (QED) is 0.114. The molecule has 0 radical (unpaired) electrons. The molecular weight excluding hydrogens is 832 g/mol. The number of carboxylic acid groups (broad SMARTS) is 1. The van der Waals surface area contributed by atoms with Crippen molar-refractivity contribution in [2.45, 2.75) is 68.0 Å². The molecule has 58 heavy (non-hydrogen) atoms. The molecule has 0 spiro atoms. The summed E-state index contributed by atoms with van der Waals surface area (Å²) in [5, 5.41) is 43.2. The van der Waals surface area contributed by atoms with Crippen molar-refractivity contribution in [1.29, 1.82) is 0 Å². The number of halogens is 1. The van der Waals surface area contributed by atoms with Crippen molar-refractivity contribution in [1.82, 2.24) is 36.8 Å². The van der Waals surface area contributed by atoms with Crippen molar-refractivity contribution in [3.8, 4) is 5.75 Å². The Morgan fingerprint density at radius 1 is 0.810 bits per heavy atom. The Balaban J connectivity index is 1.93. The van der Waals surface area contributed by atoms with Crippen LogP contribution >= 0.6 is 33.2 Å². The summed E-state index contributed by atoms with van der Waals surface area (Å²) in [5.41, 5.74) is 17.0. The standard InChI is InChI=1S/C32H43ClN10O13S2/c33-15-3-13(1-2-22(15)45)4-17-29(53)38-9-25(48)43-10-14(44)5-21(43)32(56)41-18(6-23(35)46)31(55)42-20(27(36)51)12-58-57-11-16(34)28(52)40-19(7-26(49)50)30(54)37-8-24(47)39-17/h1-3,14,16-21,44-45H,4-12,34H2,(H2,35,46)(H2,36,51)(H,37,54)(H,38,53)(H,39,47)(H,40,52)(H,41,56)(H,42,55)(H,49,50)/t14-,16-,17+,18+,19-,20-,21+/m1/s1. The molecule has 0 aliphatic carbocycles. The Morgan fingerprint density at radius 2 is 1.43 bits per heavy atom. The minimum absolute atomic E-state index is 0.0914. The summed E-state index contributed by atoms with van der Waals surface area (Å²) in [6, 6.07) is -5.09. The first kappa shape index (κ1) is 47.0. The molecule has 2 heterocycles. The molecule has 9 amide bonds. The molecule has 3 rings (SSSR count). The van der Waals surface area contributed by atoms with Gasteiger partial charge in [0.05, 0.1) is 43.1 Å². The van der Waals surface area contributed by atoms with Crippen LogP contribution in [0.2, 0.25) is 5.02 Å². The third-order valence-corrected chi connectivity index (χ3v) is 11.2. The molecule has 26 heteroatoms. The lowest BCUT2D eigenvalue weighted by Crippen LogP contribution is -2.58. The number of fused-ring (bicyclic) bond motifs is 1. The van der Waals surface area contributed by atoms with Crippen LogP contribution in [0.15, 0.2) is 18.2 Å². The SMILES string of the molecule is NC(=O)C[C@@H]1NC(=O)[C@@H]2C[C@@H](O)CN2C(=O)CNC(=O)[C@H](Cc2ccc(O)c(Cl)c2)NC(=O)CNC(=O)[C@@H](CC(=O)O)NC(=O)[C@H](N)CSSC[C@H](C(N)=O)NC1=O. The molecule has 318 valence electrons. The number of aliphatic hydroxyl groups excluding tert-OH is 1. The lowest BCUT2D eigenvalue weighted by atomic mass is 10.0. The number of amides is 9. The van der Waals surface area contributed by atoms with Crippen LogP contribution in [-0.4, -0.2) is 153 Å². The second-order valence-electron chi connectivity index (χ2n) is 13.0. The van der Waals surface area contributed by atoms with Crippen LogP contribution in [0.25, 0.3) is 0 Å². The number of aliphatic carboxylic acids is 1. The topological polar surface area (TPSA) is 385 Å². The van der Waals surface area contributed by atoms with E-state index in [9.17, 15) is 63.3 Å². The molecular formula is C32H43ClN10O13S2. The van der Waals surface area contributed by atoms with Crippen molar-refractivity contribution < 1.29 is 63.3 Å². The van der Waals surface area contributed by atoms with E-state index in [1.165, 1.54) is 18.2 Å². The summed E-state index contributed by atoms with van der Waals surface area (Å²) in [6.07, 6.45) is -3.49. The first-order chi connectivity index (χ1) is 27.2. The molecule has 23 nitrogen and oxygen atoms in total. The van der Waals surface area contributed by atoms with E-state index in [1.807, 2.05) is 0 Å². The van der Waals surface area contributed by atoms with Crippen LogP contribution in [0, 0.1) is 0 Å². The first-order valence-corrected chi connectivity index (χ1v) is 20.1. The zero-order valence-corrected chi connectivity index (χ0v) is 32.8. The van der Waals surface area contributed by atoms with Gasteiger partial charge in [0.15, 0.2) is 0 Å². The number of hydrogen-bond donors (Lipinski definition) is 12. The van der Waals surface area contributed by atoms with E-state index in [0.717, 1.165) is 26.5 Å². The van der Waals surface area contributed by atoms with E-state index in [0.29, 0.717) is 5.56 Å². The fourth-order valence-corrected chi connectivity index (χ4v) is 8.01. The van der Waals surface area contributed by atoms with Gasteiger partial charge in [-0.2, -0.15) is 0 Å². The summed E-state index contributed by atoms with van der Waals surface area (Å²) in [7, 11) is 1.86. The number of aromatic hydroxyl groups is 1. The number of carbonyl (C=O) groups excluding carboxylic acids is 9. The van der Waals surface area contributed by atoms with Gasteiger partial charge in [0.25, 0.3) is 0 Å². The zero-order valence-electron chi connectivity index (χ0n) is 30.4. The average Bonchev–Trinajstić information content (AvgIpc) is 3.55. The second kappa shape index (κ2) is 22.0. The molecule has 7 atom stereocenters. The lowest BCUT2D eigenvalue weighted by Gasteiger charge is -2.27. The summed E-state index contributed by atoms with van der Waals surface area (Å²) >= 11 is 6.01. The summed E-state index contributed by atoms with van der Waals surface area (Å²) < 4.78 is 0. The molecule has 2 saturated heterocycles. The maximum absolute atomic E-state index is 13.5. The Bertz CT molecular complexity index is 1790. The number of primary amides is 2. The highest BCUT2D eigenvalue weighted by Crippen LogP contribution is 2.25. The number of hydrogen-bond acceptors (Lipinski definition) is 15. The molecule has 0 saturated carbocycles. The fourth-order valence-electron chi connectivity index (χ4n) is 5.51. The van der Waals surface area contributed by atoms with E-state index >= 15 is 0 Å². The number of aliphatic hydroxyl groups is 1. The van der Waals surface area contributed by atoms with E-state index in [2.05, 4.69) is 31.9 Å². The predicted molar refractivity (Wildman–Crippen MR) is 205 cm³/mol. The van der Waals surface area contributed by atoms with Crippen molar-refractivity contribution >= 4 is 92.3 Å². The lowest BCUT2D eigenvalue weighted by molar-refractivity contribution is -0.141. The van der Waals surface area contributed by atoms with Gasteiger partial charge in [-0.15, -0.1) is 0 Å². The third-order valence-electron chi connectivity index (χ3n) is 8.46. The maximum atomic E-state index is 13.5. The fraction of sp³-hybridized carbons (Fsp3) is 0.500. The highest BCUT2D eigenvalue weighted by Gasteiger charge is 2.41. The van der Waals surface area contributed by atoms with Gasteiger partial charge in [0.2, 0.25) is 53.2 Å². The molecule has 2 aliphatic rings. The van der Waals surface area contributed by atoms with Gasteiger partial charge in [0, 0.05) is 30.9 Å². The Morgan fingerprint density at radius 3 is 2.07 bits per heavy atom. The van der Waals surface area contributed by atoms with E-state index in [-0.39, 0.29) is 41.7 Å². The Hall–Kier alpha value is -5.37. The highest BCUT2D eigenvalue weighted by molar-refractivity contribution is 8.76. The van der Waals surface area contributed by atoms with Gasteiger partial charge < -0.3 is 69.3 Å². The molecule has 2 aliphatic heterocycles. The smallest absolute Gasteiger partial charge is 0.305 e. The van der Waals surface area contributed by atoms with Crippen LogP contribution < -0.4 is 49.1 Å². The minimum atomic E-state index is -1.71. The highest BCUT2D eigenvalue weighted by atomic mass is 35.5. The summed E-state index contributed by atoms with van der Waals surface area (Å²) in [6.45, 7) is -1.98. The van der Waals surface area contributed by atoms with Crippen LogP contribution in [0.3, 0.4) is 0 Å². The van der Waals surface area contributed by atoms with E-state index in [1.54, 1.807) is 0 Å². The van der Waals surface area contributed by atoms with E-state index < -0.39 is 127 Å². The number of nitrogens with two attached hydrogens (primary N) is 3. The first-order valence-electron chi connectivity index (χ1n) is 17.3. The number of nitrogens with zero attached hydrogens (tertiary/aromatic N) is 1. The number of carboxylic acids is 1. The molecule has 1 aromatic carbocycles. The van der Waals surface area contributed by atoms with Crippen molar-refractivity contribution in [2.24, 2.45) is 17.2 Å². The molecule has 0 bridgehead atoms. The number of phenols is 1. The number of rotatable bonds is 7. The Labute approximate surface area is 342 Å². The second-order valence-corrected chi connectivity index (χ2v) is 16.0. The van der Waals surface area contributed by atoms with Gasteiger partial charge in [-0.3, -0.25) is 47.9 Å². The molecule has 15 N–H and O–H groups in total. The van der Waals surface area contributed by atoms with Gasteiger partial charge >= 0.3 is 5.97 Å². The van der Waals surface area contributed by atoms with Crippen LogP contribution in [-0.2, 0) is 54.4 Å². The monoisotopic (exact) mass is 874 g/mol. The number of phenolic OH excluding ortho intramolecular Hbond substituents is 1. The maximum Gasteiger partial charge on any atom is 0.305 e. The molecule has 0 aromatic heterocycles. The number of benzene rings is 1. The van der Waals surface area contributed by atoms with Crippen LogP contribution in [0.1, 0.15) is 24.8 Å². The number of carbonyl (C=O) groups is 10. The third kappa shape index (κ3) is 14.5. The van der Waals surface area contributed by atoms with Crippen LogP contribution in [0.4, 0.5) is 0 Å². The Kier molecular flexibility index (Phi) is 17.8.